The molecule has 0 N–H and O–H groups in total. The monoisotopic (exact) mass is 401 g/mol. The van der Waals surface area contributed by atoms with Gasteiger partial charge in [0.05, 0.1) is 28.2 Å². The highest BCUT2D eigenvalue weighted by Gasteiger charge is 2.27. The zero-order valence-corrected chi connectivity index (χ0v) is 16.3. The van der Waals surface area contributed by atoms with Gasteiger partial charge in [-0.15, -0.1) is 0 Å². The Morgan fingerprint density at radius 2 is 1.63 bits per heavy atom. The summed E-state index contributed by atoms with van der Waals surface area (Å²) in [5.74, 6) is -1.11. The SMILES string of the molecule is CC(C)(c1cccc(-c2ccc(F)nc2F)n1)c1cccc(-n2ccc(C#N)c2)n1. The first kappa shape index (κ1) is 19.4. The Balaban J connectivity index is 1.74. The van der Waals surface area contributed by atoms with Gasteiger partial charge in [0.15, 0.2) is 0 Å². The van der Waals surface area contributed by atoms with Gasteiger partial charge in [-0.1, -0.05) is 12.1 Å². The molecule has 0 aromatic carbocycles. The van der Waals surface area contributed by atoms with Crippen molar-refractivity contribution in [2.45, 2.75) is 19.3 Å². The van der Waals surface area contributed by atoms with Crippen LogP contribution in [0.3, 0.4) is 0 Å². The fourth-order valence-electron chi connectivity index (χ4n) is 3.19. The third-order valence-corrected chi connectivity index (χ3v) is 4.94. The Kier molecular flexibility index (Phi) is 4.84. The number of nitrogens with zero attached hydrogens (tertiary/aromatic N) is 5. The van der Waals surface area contributed by atoms with Crippen LogP contribution in [0.2, 0.25) is 0 Å². The molecule has 4 aromatic rings. The molecule has 4 heterocycles. The number of halogens is 2. The molecule has 0 aliphatic carbocycles. The first-order valence-electron chi connectivity index (χ1n) is 9.24. The second-order valence-electron chi connectivity index (χ2n) is 7.31. The molecule has 7 heteroatoms. The van der Waals surface area contributed by atoms with E-state index >= 15 is 0 Å². The Morgan fingerprint density at radius 1 is 0.900 bits per heavy atom. The van der Waals surface area contributed by atoms with Crippen molar-refractivity contribution in [3.05, 3.63) is 95.8 Å². The van der Waals surface area contributed by atoms with Crippen molar-refractivity contribution in [1.82, 2.24) is 19.5 Å². The third kappa shape index (κ3) is 3.55. The predicted octanol–water partition coefficient (Wildman–Crippen LogP) is 4.81. The number of nitriles is 1. The van der Waals surface area contributed by atoms with Gasteiger partial charge in [-0.25, -0.2) is 4.98 Å². The molecule has 0 aliphatic heterocycles. The quantitative estimate of drug-likeness (QED) is 0.461. The Morgan fingerprint density at radius 3 is 2.33 bits per heavy atom. The number of hydrogen-bond acceptors (Lipinski definition) is 4. The lowest BCUT2D eigenvalue weighted by atomic mass is 9.84. The maximum atomic E-state index is 14.1. The molecule has 148 valence electrons. The fourth-order valence-corrected chi connectivity index (χ4v) is 3.19. The maximum absolute atomic E-state index is 14.1. The zero-order valence-electron chi connectivity index (χ0n) is 16.3. The molecule has 0 radical (unpaired) electrons. The molecule has 0 fully saturated rings. The molecule has 0 atom stereocenters. The molecule has 5 nitrogen and oxygen atoms in total. The van der Waals surface area contributed by atoms with Gasteiger partial charge in [-0.3, -0.25) is 4.98 Å². The van der Waals surface area contributed by atoms with Crippen molar-refractivity contribution < 1.29 is 8.78 Å². The number of aromatic nitrogens is 4. The van der Waals surface area contributed by atoms with E-state index < -0.39 is 17.3 Å². The lowest BCUT2D eigenvalue weighted by Crippen LogP contribution is -2.23. The van der Waals surface area contributed by atoms with Crippen molar-refractivity contribution in [2.24, 2.45) is 0 Å². The van der Waals surface area contributed by atoms with Crippen molar-refractivity contribution in [1.29, 1.82) is 5.26 Å². The van der Waals surface area contributed by atoms with Gasteiger partial charge in [0.1, 0.15) is 11.9 Å². The van der Waals surface area contributed by atoms with Crippen LogP contribution >= 0.6 is 0 Å². The molecule has 4 rings (SSSR count). The van der Waals surface area contributed by atoms with Crippen LogP contribution in [0.5, 0.6) is 0 Å². The summed E-state index contributed by atoms with van der Waals surface area (Å²) in [7, 11) is 0. The molecule has 0 amide bonds. The Labute approximate surface area is 172 Å². The molecule has 0 spiro atoms. The molecule has 0 unspecified atom stereocenters. The second-order valence-corrected chi connectivity index (χ2v) is 7.31. The summed E-state index contributed by atoms with van der Waals surface area (Å²) in [6.45, 7) is 3.95. The highest BCUT2D eigenvalue weighted by Crippen LogP contribution is 2.31. The average Bonchev–Trinajstić information content (AvgIpc) is 3.23. The van der Waals surface area contributed by atoms with Crippen LogP contribution in [-0.4, -0.2) is 19.5 Å². The summed E-state index contributed by atoms with van der Waals surface area (Å²) < 4.78 is 29.1. The predicted molar refractivity (Wildman–Crippen MR) is 108 cm³/mol. The standard InChI is InChI=1S/C23H17F2N5/c1-23(2,19-7-4-8-21(28-19)30-12-11-15(13-26)14-30)18-6-3-5-17(27-18)16-9-10-20(24)29-22(16)25/h3-12,14H,1-2H3. The molecule has 30 heavy (non-hydrogen) atoms. The molecule has 4 aromatic heterocycles. The summed E-state index contributed by atoms with van der Waals surface area (Å²) in [4.78, 5) is 12.6. The fraction of sp³-hybridized carbons (Fsp3) is 0.130. The normalized spacial score (nSPS) is 11.3. The topological polar surface area (TPSA) is 67.4 Å². The van der Waals surface area contributed by atoms with E-state index in [0.717, 1.165) is 11.8 Å². The molecule has 0 aliphatic rings. The van der Waals surface area contributed by atoms with E-state index in [4.69, 9.17) is 10.2 Å². The minimum absolute atomic E-state index is 0.132. The van der Waals surface area contributed by atoms with E-state index in [1.54, 1.807) is 35.2 Å². The average molecular weight is 401 g/mol. The van der Waals surface area contributed by atoms with Crippen molar-refractivity contribution >= 4 is 0 Å². The molecule has 0 saturated carbocycles. The maximum Gasteiger partial charge on any atom is 0.224 e. The summed E-state index contributed by atoms with van der Waals surface area (Å²) in [5, 5.41) is 9.04. The smallest absolute Gasteiger partial charge is 0.224 e. The van der Waals surface area contributed by atoms with E-state index in [1.807, 2.05) is 38.1 Å². The lowest BCUT2D eigenvalue weighted by Gasteiger charge is -2.24. The van der Waals surface area contributed by atoms with Crippen molar-refractivity contribution in [2.75, 3.05) is 0 Å². The summed E-state index contributed by atoms with van der Waals surface area (Å²) in [5.41, 5.74) is 1.89. The van der Waals surface area contributed by atoms with Crippen LogP contribution < -0.4 is 0 Å². The van der Waals surface area contributed by atoms with E-state index in [0.29, 0.717) is 22.8 Å². The van der Waals surface area contributed by atoms with Crippen LogP contribution in [0.4, 0.5) is 8.78 Å². The van der Waals surface area contributed by atoms with Crippen LogP contribution in [0, 0.1) is 23.2 Å². The van der Waals surface area contributed by atoms with E-state index in [1.165, 1.54) is 6.07 Å². The largest absolute Gasteiger partial charge is 0.307 e. The summed E-state index contributed by atoms with van der Waals surface area (Å²) in [6, 6.07) is 17.2. The van der Waals surface area contributed by atoms with Gasteiger partial charge >= 0.3 is 0 Å². The highest BCUT2D eigenvalue weighted by atomic mass is 19.1. The van der Waals surface area contributed by atoms with E-state index in [2.05, 4.69) is 16.0 Å². The molecule has 0 saturated heterocycles. The summed E-state index contributed by atoms with van der Waals surface area (Å²) in [6.07, 6.45) is 3.49. The molecule has 0 bridgehead atoms. The van der Waals surface area contributed by atoms with Crippen LogP contribution in [0.15, 0.2) is 67.0 Å². The minimum atomic E-state index is -0.904. The Bertz CT molecular complexity index is 1270. The third-order valence-electron chi connectivity index (χ3n) is 4.94. The first-order chi connectivity index (χ1) is 14.4. The van der Waals surface area contributed by atoms with Gasteiger partial charge in [0, 0.05) is 17.8 Å². The number of rotatable bonds is 4. The van der Waals surface area contributed by atoms with E-state index in [9.17, 15) is 8.78 Å². The van der Waals surface area contributed by atoms with Gasteiger partial charge in [0.25, 0.3) is 0 Å². The molecular weight excluding hydrogens is 384 g/mol. The first-order valence-corrected chi connectivity index (χ1v) is 9.24. The van der Waals surface area contributed by atoms with Crippen molar-refractivity contribution in [3.8, 4) is 23.1 Å². The van der Waals surface area contributed by atoms with Crippen molar-refractivity contribution in [3.63, 3.8) is 0 Å². The van der Waals surface area contributed by atoms with Gasteiger partial charge < -0.3 is 4.57 Å². The molecular formula is C23H17F2N5. The van der Waals surface area contributed by atoms with Gasteiger partial charge in [0.2, 0.25) is 11.9 Å². The second kappa shape index (κ2) is 7.48. The highest BCUT2D eigenvalue weighted by molar-refractivity contribution is 5.59. The van der Waals surface area contributed by atoms with Gasteiger partial charge in [-0.2, -0.15) is 19.0 Å². The van der Waals surface area contributed by atoms with E-state index in [-0.39, 0.29) is 5.56 Å². The van der Waals surface area contributed by atoms with Gasteiger partial charge in [-0.05, 0) is 56.3 Å². The summed E-state index contributed by atoms with van der Waals surface area (Å²) >= 11 is 0. The number of pyridine rings is 3. The van der Waals surface area contributed by atoms with Crippen LogP contribution in [0.1, 0.15) is 30.8 Å². The van der Waals surface area contributed by atoms with Crippen LogP contribution in [-0.2, 0) is 5.41 Å². The van der Waals surface area contributed by atoms with Crippen LogP contribution in [0.25, 0.3) is 17.1 Å². The Hall–Kier alpha value is -3.92. The minimum Gasteiger partial charge on any atom is -0.307 e. The lowest BCUT2D eigenvalue weighted by molar-refractivity contribution is 0.514. The zero-order chi connectivity index (χ0) is 21.3. The number of hydrogen-bond donors (Lipinski definition) is 0.